The second-order valence-electron chi connectivity index (χ2n) is 10.4. The van der Waals surface area contributed by atoms with Gasteiger partial charge in [-0.15, -0.1) is 0 Å². The summed E-state index contributed by atoms with van der Waals surface area (Å²) in [5.74, 6) is -0.821. The van der Waals surface area contributed by atoms with Gasteiger partial charge in [-0.3, -0.25) is 0 Å². The van der Waals surface area contributed by atoms with E-state index in [0.29, 0.717) is 35.9 Å². The van der Waals surface area contributed by atoms with E-state index in [0.717, 1.165) is 12.5 Å². The van der Waals surface area contributed by atoms with Gasteiger partial charge in [0.2, 0.25) is 0 Å². The van der Waals surface area contributed by atoms with Crippen LogP contribution in [-0.2, 0) is 22.7 Å². The number of benzene rings is 2. The minimum atomic E-state index is -4.64. The van der Waals surface area contributed by atoms with Crippen LogP contribution in [0.2, 0.25) is 0 Å². The molecule has 9 heteroatoms. The van der Waals surface area contributed by atoms with Crippen LogP contribution < -0.4 is 0 Å². The molecule has 0 radical (unpaired) electrons. The molecule has 0 bridgehead atoms. The molecule has 188 valence electrons. The second-order valence-corrected chi connectivity index (χ2v) is 12.2. The van der Waals surface area contributed by atoms with Gasteiger partial charge in [0, 0.05) is 34.8 Å². The zero-order valence-electron chi connectivity index (χ0n) is 20.1. The highest BCUT2D eigenvalue weighted by Crippen LogP contribution is 2.40. The number of alkyl halides is 3. The van der Waals surface area contributed by atoms with Gasteiger partial charge in [0.05, 0.1) is 16.5 Å². The number of halogens is 4. The van der Waals surface area contributed by atoms with Crippen LogP contribution >= 0.6 is 0 Å². The average Bonchev–Trinajstić information content (AvgIpc) is 3.00. The Hall–Kier alpha value is -2.68. The first-order valence-electron chi connectivity index (χ1n) is 11.5. The first-order chi connectivity index (χ1) is 16.2. The predicted molar refractivity (Wildman–Crippen MR) is 131 cm³/mol. The smallest absolute Gasteiger partial charge is 0.346 e. The van der Waals surface area contributed by atoms with E-state index >= 15 is 4.39 Å². The molecular weight excluding hydrogens is 480 g/mol. The van der Waals surface area contributed by atoms with Crippen LogP contribution in [0.3, 0.4) is 0 Å². The summed E-state index contributed by atoms with van der Waals surface area (Å²) >= 11 is 0. The van der Waals surface area contributed by atoms with Gasteiger partial charge in [-0.25, -0.2) is 12.8 Å². The standard InChI is InChI=1S/C26H28F4N2O2S/c1-16(31-35(33,34)17-8-7-9-17)21-14-32(15-25(2,3)4)24-13-19(23(27)12-20(21)24)18-10-5-6-11-22(18)26(28,29)30/h5-6,10-14,17H,7-9,15H2,1-4H3. The molecule has 0 unspecified atom stereocenters. The van der Waals surface area contributed by atoms with Crippen molar-refractivity contribution < 1.29 is 26.0 Å². The molecule has 1 aromatic heterocycles. The van der Waals surface area contributed by atoms with Gasteiger partial charge >= 0.3 is 6.18 Å². The number of aromatic nitrogens is 1. The third kappa shape index (κ3) is 5.15. The highest BCUT2D eigenvalue weighted by Gasteiger charge is 2.34. The van der Waals surface area contributed by atoms with Crippen molar-refractivity contribution >= 4 is 26.6 Å². The lowest BCUT2D eigenvalue weighted by Gasteiger charge is -2.22. The monoisotopic (exact) mass is 508 g/mol. The van der Waals surface area contributed by atoms with E-state index in [4.69, 9.17) is 0 Å². The Labute approximate surface area is 202 Å². The quantitative estimate of drug-likeness (QED) is 0.270. The number of sulfonamides is 1. The summed E-state index contributed by atoms with van der Waals surface area (Å²) in [6.07, 6.45) is -0.945. The van der Waals surface area contributed by atoms with E-state index in [9.17, 15) is 21.6 Å². The minimum Gasteiger partial charge on any atom is -0.346 e. The van der Waals surface area contributed by atoms with Crippen molar-refractivity contribution in [1.82, 2.24) is 4.57 Å². The fourth-order valence-electron chi connectivity index (χ4n) is 4.40. The summed E-state index contributed by atoms with van der Waals surface area (Å²) in [4.78, 5) is 0. The minimum absolute atomic E-state index is 0.165. The molecule has 0 atom stereocenters. The van der Waals surface area contributed by atoms with Crippen molar-refractivity contribution in [2.75, 3.05) is 0 Å². The maximum Gasteiger partial charge on any atom is 0.417 e. The summed E-state index contributed by atoms with van der Waals surface area (Å²) in [7, 11) is -3.69. The number of rotatable bonds is 5. The zero-order chi connectivity index (χ0) is 25.8. The Morgan fingerprint density at radius 3 is 2.31 bits per heavy atom. The van der Waals surface area contributed by atoms with E-state index in [1.807, 2.05) is 25.3 Å². The normalized spacial score (nSPS) is 16.1. The fraction of sp³-hybridized carbons (Fsp3) is 0.423. The maximum absolute atomic E-state index is 15.4. The van der Waals surface area contributed by atoms with E-state index in [2.05, 4.69) is 4.40 Å². The molecule has 4 nitrogen and oxygen atoms in total. The predicted octanol–water partition coefficient (Wildman–Crippen LogP) is 7.20. The van der Waals surface area contributed by atoms with E-state index in [-0.39, 0.29) is 22.3 Å². The number of hydrogen-bond donors (Lipinski definition) is 0. The Balaban J connectivity index is 1.93. The number of hydrogen-bond acceptors (Lipinski definition) is 2. The summed E-state index contributed by atoms with van der Waals surface area (Å²) in [6.45, 7) is 8.06. The summed E-state index contributed by atoms with van der Waals surface area (Å²) in [6, 6.07) is 7.49. The van der Waals surface area contributed by atoms with Crippen molar-refractivity contribution in [3.05, 3.63) is 59.5 Å². The molecule has 35 heavy (non-hydrogen) atoms. The SMILES string of the molecule is CC(=NS(=O)(=O)C1CCC1)c1cn(CC(C)(C)C)c2cc(-c3ccccc3C(F)(F)F)c(F)cc12. The van der Waals surface area contributed by atoms with Crippen molar-refractivity contribution in [3.8, 4) is 11.1 Å². The Bertz CT molecular complexity index is 1410. The van der Waals surface area contributed by atoms with Crippen molar-refractivity contribution in [2.45, 2.75) is 64.9 Å². The molecule has 1 aliphatic carbocycles. The van der Waals surface area contributed by atoms with Crippen LogP contribution in [0.1, 0.15) is 58.1 Å². The molecule has 0 saturated heterocycles. The van der Waals surface area contributed by atoms with Crippen LogP contribution in [0.5, 0.6) is 0 Å². The summed E-state index contributed by atoms with van der Waals surface area (Å²) in [5.41, 5.74) is -0.343. The number of fused-ring (bicyclic) bond motifs is 1. The lowest BCUT2D eigenvalue weighted by atomic mass is 9.96. The molecule has 1 saturated carbocycles. The van der Waals surface area contributed by atoms with Crippen molar-refractivity contribution in [3.63, 3.8) is 0 Å². The maximum atomic E-state index is 15.4. The lowest BCUT2D eigenvalue weighted by Crippen LogP contribution is -2.27. The third-order valence-corrected chi connectivity index (χ3v) is 8.11. The molecule has 0 amide bonds. The van der Waals surface area contributed by atoms with Gasteiger partial charge in [-0.05, 0) is 48.9 Å². The van der Waals surface area contributed by atoms with Gasteiger partial charge < -0.3 is 4.57 Å². The van der Waals surface area contributed by atoms with Gasteiger partial charge in [0.1, 0.15) is 5.82 Å². The lowest BCUT2D eigenvalue weighted by molar-refractivity contribution is -0.137. The highest BCUT2D eigenvalue weighted by molar-refractivity contribution is 7.91. The van der Waals surface area contributed by atoms with Crippen LogP contribution in [0.25, 0.3) is 22.0 Å². The van der Waals surface area contributed by atoms with Crippen molar-refractivity contribution in [1.29, 1.82) is 0 Å². The van der Waals surface area contributed by atoms with Gasteiger partial charge in [0.25, 0.3) is 10.0 Å². The largest absolute Gasteiger partial charge is 0.417 e. The first-order valence-corrected chi connectivity index (χ1v) is 13.0. The van der Waals surface area contributed by atoms with E-state index in [1.165, 1.54) is 30.3 Å². The molecule has 2 aromatic carbocycles. The van der Waals surface area contributed by atoms with E-state index in [1.54, 1.807) is 13.1 Å². The molecule has 0 N–H and O–H groups in total. The summed E-state index contributed by atoms with van der Waals surface area (Å²) < 4.78 is 87.4. The second kappa shape index (κ2) is 8.76. The Morgan fingerprint density at radius 2 is 1.74 bits per heavy atom. The molecular formula is C26H28F4N2O2S. The van der Waals surface area contributed by atoms with Crippen LogP contribution in [0, 0.1) is 11.2 Å². The molecule has 1 aliphatic rings. The average molecular weight is 509 g/mol. The van der Waals surface area contributed by atoms with Gasteiger partial charge in [-0.1, -0.05) is 45.4 Å². The Kier molecular flexibility index (Phi) is 6.36. The molecule has 1 fully saturated rings. The van der Waals surface area contributed by atoms with Crippen LogP contribution in [-0.4, -0.2) is 23.9 Å². The van der Waals surface area contributed by atoms with Gasteiger partial charge in [0.15, 0.2) is 0 Å². The first kappa shape index (κ1) is 25.4. The van der Waals surface area contributed by atoms with Crippen LogP contribution in [0.15, 0.2) is 47.0 Å². The third-order valence-electron chi connectivity index (χ3n) is 6.26. The summed E-state index contributed by atoms with van der Waals surface area (Å²) in [5, 5.41) is -0.0902. The molecule has 1 heterocycles. The molecule has 0 aliphatic heterocycles. The molecule has 3 aromatic rings. The molecule has 0 spiro atoms. The van der Waals surface area contributed by atoms with Gasteiger partial charge in [-0.2, -0.15) is 17.6 Å². The Morgan fingerprint density at radius 1 is 1.09 bits per heavy atom. The topological polar surface area (TPSA) is 51.4 Å². The van der Waals surface area contributed by atoms with Crippen LogP contribution in [0.4, 0.5) is 17.6 Å². The highest BCUT2D eigenvalue weighted by atomic mass is 32.2. The zero-order valence-corrected chi connectivity index (χ0v) is 20.9. The van der Waals surface area contributed by atoms with E-state index < -0.39 is 32.8 Å². The van der Waals surface area contributed by atoms with Crippen molar-refractivity contribution in [2.24, 2.45) is 9.81 Å². The number of nitrogens with zero attached hydrogens (tertiary/aromatic N) is 2. The fourth-order valence-corrected chi connectivity index (χ4v) is 5.95. The molecule has 4 rings (SSSR count).